The van der Waals surface area contributed by atoms with Crippen molar-refractivity contribution in [3.05, 3.63) is 11.1 Å². The second-order valence-corrected chi connectivity index (χ2v) is 21.1. The number of nitrogens with one attached hydrogen (secondary N) is 1. The summed E-state index contributed by atoms with van der Waals surface area (Å²) in [7, 11) is 0. The molecule has 0 heterocycles. The van der Waals surface area contributed by atoms with Crippen LogP contribution in [0.2, 0.25) is 0 Å². The van der Waals surface area contributed by atoms with Crippen LogP contribution in [0.1, 0.15) is 146 Å². The number of carbonyl (C=O) groups is 4. The van der Waals surface area contributed by atoms with Gasteiger partial charge in [-0.05, 0) is 122 Å². The number of hydrogen-bond donors (Lipinski definition) is 3. The fourth-order valence-electron chi connectivity index (χ4n) is 14.1. The highest BCUT2D eigenvalue weighted by molar-refractivity contribution is 6.01. The maximum absolute atomic E-state index is 13.9. The van der Waals surface area contributed by atoms with Crippen LogP contribution in [-0.4, -0.2) is 46.9 Å². The minimum absolute atomic E-state index is 0.0171. The van der Waals surface area contributed by atoms with Crippen molar-refractivity contribution in [2.75, 3.05) is 6.54 Å². The van der Waals surface area contributed by atoms with Crippen LogP contribution in [-0.2, 0) is 23.9 Å². The summed E-state index contributed by atoms with van der Waals surface area (Å²) in [5.41, 5.74) is 7.44. The van der Waals surface area contributed by atoms with Crippen LogP contribution in [0.25, 0.3) is 0 Å². The average molecular weight is 707 g/mol. The molecule has 4 N–H and O–H groups in total. The molecular formula is C43H66N2O6. The standard InChI is InChI=1S/C43H66N2O6/c1-24(2)33-28(46)21-42(22-32(47)45-23-43(44)18-19-43)17-16-40(8)25(34(33)42)10-11-30-39(7)14-13-31(38(5,6)29(39)12-15-41(30,40)9)51-36(50)27-20-26(35(48)49)37(27,3)4/h24-27,29-31H,10-23,44H2,1-9H3,(H,45,47)(H,48,49)/t25-,26+,27-,29+,30-,31+,39+,40-,41-,42+/m1/s1. The van der Waals surface area contributed by atoms with Crippen molar-refractivity contribution in [2.24, 2.45) is 73.7 Å². The van der Waals surface area contributed by atoms with Gasteiger partial charge in [-0.25, -0.2) is 0 Å². The first kappa shape index (κ1) is 37.1. The molecule has 0 bridgehead atoms. The van der Waals surface area contributed by atoms with E-state index in [9.17, 15) is 24.3 Å². The number of Topliss-reactive ketones (excluding diaryl/α,β-unsaturated/α-hetero) is 1. The first-order valence-electron chi connectivity index (χ1n) is 20.3. The monoisotopic (exact) mass is 706 g/mol. The number of amides is 1. The van der Waals surface area contributed by atoms with Crippen molar-refractivity contribution in [3.8, 4) is 0 Å². The lowest BCUT2D eigenvalue weighted by molar-refractivity contribution is -0.236. The smallest absolute Gasteiger partial charge is 0.309 e. The summed E-state index contributed by atoms with van der Waals surface area (Å²) in [6.45, 7) is 20.9. The van der Waals surface area contributed by atoms with Crippen LogP contribution in [0, 0.1) is 68.0 Å². The molecule has 0 aliphatic heterocycles. The summed E-state index contributed by atoms with van der Waals surface area (Å²) in [6, 6.07) is 0. The van der Waals surface area contributed by atoms with Crippen molar-refractivity contribution in [1.82, 2.24) is 5.32 Å². The topological polar surface area (TPSA) is 136 Å². The molecule has 0 aromatic heterocycles. The number of carboxylic acid groups (broad SMARTS) is 1. The van der Waals surface area contributed by atoms with Crippen LogP contribution in [0.15, 0.2) is 11.1 Å². The molecule has 0 aromatic carbocycles. The second kappa shape index (κ2) is 11.6. The number of allylic oxidation sites excluding steroid dienone is 2. The predicted molar refractivity (Wildman–Crippen MR) is 196 cm³/mol. The Morgan fingerprint density at radius 1 is 0.843 bits per heavy atom. The van der Waals surface area contributed by atoms with Gasteiger partial charge in [0.15, 0.2) is 5.78 Å². The van der Waals surface area contributed by atoms with E-state index in [1.807, 2.05) is 13.8 Å². The van der Waals surface area contributed by atoms with E-state index in [1.54, 1.807) is 0 Å². The molecule has 1 amide bonds. The predicted octanol–water partition coefficient (Wildman–Crippen LogP) is 7.62. The SMILES string of the molecule is CC(C)C1=C2[C@H]3CC[C@@H]4[C@@]5(C)CC[C@H](OC(=O)[C@H]6C[C@@H](C(=O)O)C6(C)C)C(C)(C)[C@@H]5CC[C@@]4(C)[C@]3(C)CC[C@@]2(CC(=O)NCC2(N)CC2)CC1=O. The van der Waals surface area contributed by atoms with Crippen molar-refractivity contribution in [1.29, 1.82) is 0 Å². The van der Waals surface area contributed by atoms with Crippen LogP contribution in [0.4, 0.5) is 0 Å². The Morgan fingerprint density at radius 2 is 1.53 bits per heavy atom. The molecule has 7 aliphatic rings. The summed E-state index contributed by atoms with van der Waals surface area (Å²) < 4.78 is 6.40. The van der Waals surface area contributed by atoms with Gasteiger partial charge in [0.2, 0.25) is 5.91 Å². The quantitative estimate of drug-likeness (QED) is 0.221. The van der Waals surface area contributed by atoms with Gasteiger partial charge in [0, 0.05) is 35.8 Å². The van der Waals surface area contributed by atoms with E-state index in [0.29, 0.717) is 43.6 Å². The van der Waals surface area contributed by atoms with Crippen molar-refractivity contribution in [3.63, 3.8) is 0 Å². The molecule has 6 saturated carbocycles. The van der Waals surface area contributed by atoms with Gasteiger partial charge in [-0.15, -0.1) is 0 Å². The molecule has 7 aliphatic carbocycles. The van der Waals surface area contributed by atoms with Crippen molar-refractivity contribution >= 4 is 23.6 Å². The molecule has 8 heteroatoms. The molecule has 6 fully saturated rings. The number of aliphatic carboxylic acids is 1. The van der Waals surface area contributed by atoms with Crippen molar-refractivity contribution < 1.29 is 29.0 Å². The summed E-state index contributed by atoms with van der Waals surface area (Å²) in [5.74, 6) is -0.287. The number of hydrogen-bond acceptors (Lipinski definition) is 6. The molecule has 0 saturated heterocycles. The van der Waals surface area contributed by atoms with Gasteiger partial charge in [-0.1, -0.05) is 67.9 Å². The number of esters is 1. The third kappa shape index (κ3) is 5.28. The van der Waals surface area contributed by atoms with Gasteiger partial charge in [-0.2, -0.15) is 0 Å². The molecule has 51 heavy (non-hydrogen) atoms. The van der Waals surface area contributed by atoms with Gasteiger partial charge >= 0.3 is 11.9 Å². The van der Waals surface area contributed by atoms with E-state index < -0.39 is 17.3 Å². The van der Waals surface area contributed by atoms with Gasteiger partial charge in [0.25, 0.3) is 0 Å². The summed E-state index contributed by atoms with van der Waals surface area (Å²) in [4.78, 5) is 52.8. The molecule has 0 unspecified atom stereocenters. The molecule has 0 spiro atoms. The molecule has 284 valence electrons. The van der Waals surface area contributed by atoms with E-state index in [1.165, 1.54) is 5.57 Å². The Labute approximate surface area is 306 Å². The third-order valence-corrected chi connectivity index (χ3v) is 17.7. The molecule has 10 atom stereocenters. The lowest BCUT2D eigenvalue weighted by atomic mass is 9.33. The Bertz CT molecular complexity index is 1560. The summed E-state index contributed by atoms with van der Waals surface area (Å²) in [5, 5.41) is 12.8. The molecule has 0 radical (unpaired) electrons. The molecule has 7 rings (SSSR count). The lowest BCUT2D eigenvalue weighted by Gasteiger charge is -2.72. The molecule has 0 aromatic rings. The van der Waals surface area contributed by atoms with Gasteiger partial charge in [0.05, 0.1) is 11.8 Å². The molecular weight excluding hydrogens is 640 g/mol. The van der Waals surface area contributed by atoms with Crippen molar-refractivity contribution in [2.45, 2.75) is 157 Å². The summed E-state index contributed by atoms with van der Waals surface area (Å²) >= 11 is 0. The van der Waals surface area contributed by atoms with Gasteiger partial charge < -0.3 is 20.9 Å². The number of nitrogens with two attached hydrogens (primary N) is 1. The van der Waals surface area contributed by atoms with E-state index in [0.717, 1.165) is 69.8 Å². The maximum atomic E-state index is 13.9. The van der Waals surface area contributed by atoms with E-state index in [4.69, 9.17) is 10.5 Å². The minimum Gasteiger partial charge on any atom is -0.481 e. The van der Waals surface area contributed by atoms with Gasteiger partial charge in [-0.3, -0.25) is 19.2 Å². The zero-order chi connectivity index (χ0) is 37.3. The highest BCUT2D eigenvalue weighted by atomic mass is 16.5. The second-order valence-electron chi connectivity index (χ2n) is 21.1. The number of rotatable bonds is 8. The largest absolute Gasteiger partial charge is 0.481 e. The highest BCUT2D eigenvalue weighted by Crippen LogP contribution is 2.77. The fraction of sp³-hybridized carbons (Fsp3) is 0.860. The summed E-state index contributed by atoms with van der Waals surface area (Å²) in [6.07, 6.45) is 11.0. The van der Waals surface area contributed by atoms with Crippen LogP contribution in [0.3, 0.4) is 0 Å². The van der Waals surface area contributed by atoms with E-state index in [-0.39, 0.29) is 68.2 Å². The zero-order valence-corrected chi connectivity index (χ0v) is 33.0. The van der Waals surface area contributed by atoms with Crippen LogP contribution in [0.5, 0.6) is 0 Å². The first-order valence-corrected chi connectivity index (χ1v) is 20.3. The van der Waals surface area contributed by atoms with Gasteiger partial charge in [0.1, 0.15) is 6.10 Å². The lowest BCUT2D eigenvalue weighted by Crippen LogP contribution is -2.66. The highest BCUT2D eigenvalue weighted by Gasteiger charge is 2.70. The maximum Gasteiger partial charge on any atom is 0.309 e. The Balaban J connectivity index is 1.13. The van der Waals surface area contributed by atoms with Crippen LogP contribution < -0.4 is 11.1 Å². The zero-order valence-electron chi connectivity index (χ0n) is 33.0. The Hall–Kier alpha value is -2.22. The number of carboxylic acids is 1. The first-order chi connectivity index (χ1) is 23.6. The van der Waals surface area contributed by atoms with Crippen LogP contribution >= 0.6 is 0 Å². The van der Waals surface area contributed by atoms with E-state index >= 15 is 0 Å². The fourth-order valence-corrected chi connectivity index (χ4v) is 14.1. The Morgan fingerprint density at radius 3 is 2.14 bits per heavy atom. The number of ether oxygens (including phenoxy) is 1. The minimum atomic E-state index is -0.828. The Kier molecular flexibility index (Phi) is 8.47. The average Bonchev–Trinajstić information content (AvgIpc) is 3.68. The number of carbonyl (C=O) groups excluding carboxylic acids is 3. The number of ketones is 1. The number of fused-ring (bicyclic) bond motifs is 7. The molecule has 8 nitrogen and oxygen atoms in total. The third-order valence-electron chi connectivity index (χ3n) is 17.7. The van der Waals surface area contributed by atoms with E-state index in [2.05, 4.69) is 53.8 Å². The normalized spacial score (nSPS) is 44.3.